The lowest BCUT2D eigenvalue weighted by Crippen LogP contribution is -2.27. The maximum atomic E-state index is 12.8. The average Bonchev–Trinajstić information content (AvgIpc) is 2.89. The van der Waals surface area contributed by atoms with Crippen LogP contribution in [0.4, 0.5) is 5.69 Å². The lowest BCUT2D eigenvalue weighted by Gasteiger charge is -2.15. The van der Waals surface area contributed by atoms with E-state index in [2.05, 4.69) is 0 Å². The van der Waals surface area contributed by atoms with Gasteiger partial charge in [-0.3, -0.25) is 9.69 Å². The Morgan fingerprint density at radius 2 is 1.88 bits per heavy atom. The van der Waals surface area contributed by atoms with Gasteiger partial charge < -0.3 is 9.47 Å². The van der Waals surface area contributed by atoms with Gasteiger partial charge >= 0.3 is 0 Å². The van der Waals surface area contributed by atoms with E-state index in [-0.39, 0.29) is 5.91 Å². The summed E-state index contributed by atoms with van der Waals surface area (Å²) in [5, 5.41) is 0.471. The van der Waals surface area contributed by atoms with Gasteiger partial charge in [0.15, 0.2) is 15.8 Å². The molecule has 1 saturated heterocycles. The number of anilines is 1. The van der Waals surface area contributed by atoms with Crippen molar-refractivity contribution in [1.29, 1.82) is 0 Å². The fourth-order valence-electron chi connectivity index (χ4n) is 2.48. The van der Waals surface area contributed by atoms with Gasteiger partial charge in [-0.2, -0.15) is 0 Å². The van der Waals surface area contributed by atoms with Crippen LogP contribution in [0, 0.1) is 0 Å². The van der Waals surface area contributed by atoms with Gasteiger partial charge in [-0.1, -0.05) is 59.8 Å². The Kier molecular flexibility index (Phi) is 5.32. The number of hydrogen-bond acceptors (Lipinski definition) is 5. The van der Waals surface area contributed by atoms with E-state index in [4.69, 9.17) is 33.3 Å². The van der Waals surface area contributed by atoms with Crippen LogP contribution in [0.15, 0.2) is 47.4 Å². The minimum Gasteiger partial charge on any atom is -0.493 e. The summed E-state index contributed by atoms with van der Waals surface area (Å²) in [6.45, 7) is 0. The number of halogens is 1. The summed E-state index contributed by atoms with van der Waals surface area (Å²) in [5.74, 6) is 0.943. The molecule has 2 aromatic rings. The molecule has 25 heavy (non-hydrogen) atoms. The van der Waals surface area contributed by atoms with Crippen molar-refractivity contribution in [3.8, 4) is 11.5 Å². The number of benzene rings is 2. The van der Waals surface area contributed by atoms with Crippen LogP contribution in [-0.4, -0.2) is 24.4 Å². The maximum absolute atomic E-state index is 12.8. The number of carbonyl (C=O) groups excluding carboxylic acids is 1. The first-order valence-electron chi connectivity index (χ1n) is 7.30. The molecule has 0 atom stereocenters. The maximum Gasteiger partial charge on any atom is 0.270 e. The van der Waals surface area contributed by atoms with Crippen molar-refractivity contribution in [2.75, 3.05) is 19.1 Å². The molecule has 0 radical (unpaired) electrons. The van der Waals surface area contributed by atoms with Gasteiger partial charge in [0.2, 0.25) is 0 Å². The minimum atomic E-state index is -0.215. The molecule has 1 aliphatic heterocycles. The van der Waals surface area contributed by atoms with E-state index in [0.29, 0.717) is 31.4 Å². The van der Waals surface area contributed by atoms with Gasteiger partial charge in [0.1, 0.15) is 0 Å². The van der Waals surface area contributed by atoms with Gasteiger partial charge in [-0.15, -0.1) is 0 Å². The topological polar surface area (TPSA) is 38.8 Å². The van der Waals surface area contributed by atoms with Crippen molar-refractivity contribution < 1.29 is 14.3 Å². The number of hydrogen-bond donors (Lipinski definition) is 0. The Hall–Kier alpha value is -2.02. The summed E-state index contributed by atoms with van der Waals surface area (Å²) in [5.41, 5.74) is 1.31. The molecule has 0 bridgehead atoms. The Morgan fingerprint density at radius 3 is 2.56 bits per heavy atom. The highest BCUT2D eigenvalue weighted by Gasteiger charge is 2.34. The summed E-state index contributed by atoms with van der Waals surface area (Å²) in [4.78, 5) is 14.8. The largest absolute Gasteiger partial charge is 0.493 e. The molecule has 2 aromatic carbocycles. The normalized spacial score (nSPS) is 15.8. The van der Waals surface area contributed by atoms with Crippen molar-refractivity contribution in [2.24, 2.45) is 0 Å². The fraction of sp³-hybridized carbons (Fsp3) is 0.111. The molecule has 0 unspecified atom stereocenters. The highest BCUT2D eigenvalue weighted by molar-refractivity contribution is 8.27. The lowest BCUT2D eigenvalue weighted by molar-refractivity contribution is -0.113. The molecule has 7 heteroatoms. The number of amides is 1. The molecule has 0 saturated carbocycles. The summed E-state index contributed by atoms with van der Waals surface area (Å²) < 4.78 is 11.1. The summed E-state index contributed by atoms with van der Waals surface area (Å²) >= 11 is 12.8. The van der Waals surface area contributed by atoms with E-state index in [1.54, 1.807) is 44.6 Å². The number of nitrogens with zero attached hydrogens (tertiary/aromatic N) is 1. The van der Waals surface area contributed by atoms with Crippen LogP contribution in [0.2, 0.25) is 5.02 Å². The van der Waals surface area contributed by atoms with Gasteiger partial charge in [0, 0.05) is 5.56 Å². The van der Waals surface area contributed by atoms with Crippen molar-refractivity contribution in [1.82, 2.24) is 0 Å². The lowest BCUT2D eigenvalue weighted by atomic mass is 10.1. The summed E-state index contributed by atoms with van der Waals surface area (Å²) in [6, 6.07) is 12.6. The van der Waals surface area contributed by atoms with E-state index in [1.165, 1.54) is 16.7 Å². The van der Waals surface area contributed by atoms with Crippen LogP contribution in [0.3, 0.4) is 0 Å². The number of ether oxygens (including phenoxy) is 2. The summed E-state index contributed by atoms with van der Waals surface area (Å²) in [6.07, 6.45) is 1.75. The highest BCUT2D eigenvalue weighted by Crippen LogP contribution is 2.40. The third-order valence-corrected chi connectivity index (χ3v) is 5.23. The van der Waals surface area contributed by atoms with E-state index in [9.17, 15) is 4.79 Å². The number of rotatable bonds is 4. The molecule has 1 fully saturated rings. The first-order chi connectivity index (χ1) is 12.1. The Morgan fingerprint density at radius 1 is 1.12 bits per heavy atom. The van der Waals surface area contributed by atoms with Crippen molar-refractivity contribution in [3.05, 3.63) is 58.0 Å². The second-order valence-electron chi connectivity index (χ2n) is 5.05. The van der Waals surface area contributed by atoms with E-state index < -0.39 is 0 Å². The van der Waals surface area contributed by atoms with Crippen molar-refractivity contribution in [2.45, 2.75) is 0 Å². The fourth-order valence-corrected chi connectivity index (χ4v) is 3.97. The molecule has 128 valence electrons. The predicted molar refractivity (Wildman–Crippen MR) is 107 cm³/mol. The number of para-hydroxylation sites is 2. The predicted octanol–water partition coefficient (Wildman–Crippen LogP) is 4.76. The number of carbonyl (C=O) groups is 1. The van der Waals surface area contributed by atoms with E-state index >= 15 is 0 Å². The first kappa shape index (κ1) is 17.8. The van der Waals surface area contributed by atoms with Crippen LogP contribution in [0.25, 0.3) is 6.08 Å². The third-order valence-electron chi connectivity index (χ3n) is 3.61. The van der Waals surface area contributed by atoms with E-state index in [0.717, 1.165) is 5.56 Å². The monoisotopic (exact) mass is 391 g/mol. The second kappa shape index (κ2) is 7.47. The molecule has 1 amide bonds. The smallest absolute Gasteiger partial charge is 0.270 e. The number of thiocarbonyl (C=S) groups is 1. The number of methoxy groups -OCH3 is 2. The number of thioether (sulfide) groups is 1. The Labute approximate surface area is 160 Å². The average molecular weight is 392 g/mol. The molecule has 0 N–H and O–H groups in total. The third kappa shape index (κ3) is 3.38. The first-order valence-corrected chi connectivity index (χ1v) is 8.90. The molecule has 0 aromatic heterocycles. The van der Waals surface area contributed by atoms with Crippen LogP contribution in [-0.2, 0) is 4.79 Å². The van der Waals surface area contributed by atoms with Crippen LogP contribution < -0.4 is 14.4 Å². The minimum absolute atomic E-state index is 0.215. The summed E-state index contributed by atoms with van der Waals surface area (Å²) in [7, 11) is 3.13. The van der Waals surface area contributed by atoms with Crippen LogP contribution >= 0.6 is 35.6 Å². The highest BCUT2D eigenvalue weighted by atomic mass is 35.5. The zero-order chi connectivity index (χ0) is 18.0. The van der Waals surface area contributed by atoms with E-state index in [1.807, 2.05) is 18.2 Å². The molecule has 1 aliphatic rings. The zero-order valence-electron chi connectivity index (χ0n) is 13.5. The van der Waals surface area contributed by atoms with Gasteiger partial charge in [0.25, 0.3) is 5.91 Å². The quantitative estimate of drug-likeness (QED) is 0.554. The molecule has 1 heterocycles. The molecular weight excluding hydrogens is 378 g/mol. The van der Waals surface area contributed by atoms with Gasteiger partial charge in [0.05, 0.1) is 29.8 Å². The second-order valence-corrected chi connectivity index (χ2v) is 7.13. The van der Waals surface area contributed by atoms with Crippen molar-refractivity contribution in [3.63, 3.8) is 0 Å². The molecular formula is C18H14ClNO3S2. The molecule has 4 nitrogen and oxygen atoms in total. The molecule has 3 rings (SSSR count). The molecule has 0 aliphatic carbocycles. The van der Waals surface area contributed by atoms with Gasteiger partial charge in [-0.05, 0) is 24.3 Å². The van der Waals surface area contributed by atoms with Crippen LogP contribution in [0.5, 0.6) is 11.5 Å². The zero-order valence-corrected chi connectivity index (χ0v) is 15.9. The Balaban J connectivity index is 2.01. The standard InChI is InChI=1S/C18H14ClNO3S2/c1-22-14-9-5-6-11(16(14)23-2)10-15-17(21)20(18(24)25-15)13-8-4-3-7-12(13)19/h3-10H,1-2H3/b15-10+. The SMILES string of the molecule is COc1cccc(/C=C2/SC(=S)N(c3ccccc3Cl)C2=O)c1OC. The van der Waals surface area contributed by atoms with Gasteiger partial charge in [-0.25, -0.2) is 0 Å². The Bertz CT molecular complexity index is 882. The molecule has 0 spiro atoms. The van der Waals surface area contributed by atoms with Crippen LogP contribution in [0.1, 0.15) is 5.56 Å². The van der Waals surface area contributed by atoms with Crippen molar-refractivity contribution >= 4 is 57.6 Å².